The van der Waals surface area contributed by atoms with E-state index in [0.29, 0.717) is 10.6 Å². The summed E-state index contributed by atoms with van der Waals surface area (Å²) >= 11 is 5.52. The second-order valence-corrected chi connectivity index (χ2v) is 4.98. The largest absolute Gasteiger partial charge is 0.508 e. The maximum Gasteiger partial charge on any atom is 0.335 e. The third-order valence-electron chi connectivity index (χ3n) is 2.94. The van der Waals surface area contributed by atoms with Crippen LogP contribution in [0.4, 0.5) is 0 Å². The Kier molecular flexibility index (Phi) is 4.52. The molecule has 0 saturated heterocycles. The molecular weight excluding hydrogens is 322 g/mol. The third-order valence-corrected chi connectivity index (χ3v) is 3.19. The molecule has 7 nitrogen and oxygen atoms in total. The van der Waals surface area contributed by atoms with Gasteiger partial charge >= 0.3 is 5.97 Å². The van der Waals surface area contributed by atoms with Gasteiger partial charge in [-0.05, 0) is 30.3 Å². The van der Waals surface area contributed by atoms with Gasteiger partial charge in [0.05, 0.1) is 11.1 Å². The molecule has 0 atom stereocenters. The summed E-state index contributed by atoms with van der Waals surface area (Å²) in [5.74, 6) is -1.14. The van der Waals surface area contributed by atoms with Crippen molar-refractivity contribution in [1.29, 1.82) is 5.41 Å². The molecule has 1 heterocycles. The number of carboxylic acids is 1. The van der Waals surface area contributed by atoms with E-state index in [1.807, 2.05) is 0 Å². The normalized spacial score (nSPS) is 12.0. The SMILES string of the molecule is N=C1N=C(N)c2cc(O)cc(O)c21.O=C(O)c1ccc(Cl)cc1. The Morgan fingerprint density at radius 1 is 1.17 bits per heavy atom. The smallest absolute Gasteiger partial charge is 0.335 e. The zero-order valence-electron chi connectivity index (χ0n) is 11.6. The molecule has 2 aromatic rings. The van der Waals surface area contributed by atoms with Gasteiger partial charge in [-0.15, -0.1) is 0 Å². The van der Waals surface area contributed by atoms with Gasteiger partial charge < -0.3 is 21.1 Å². The number of amidine groups is 2. The number of hydrogen-bond acceptors (Lipinski definition) is 5. The second kappa shape index (κ2) is 6.37. The zero-order chi connectivity index (χ0) is 17.1. The van der Waals surface area contributed by atoms with Crippen molar-refractivity contribution in [2.45, 2.75) is 0 Å². The van der Waals surface area contributed by atoms with Gasteiger partial charge in [0.15, 0.2) is 5.84 Å². The van der Waals surface area contributed by atoms with E-state index < -0.39 is 5.97 Å². The van der Waals surface area contributed by atoms with Crippen LogP contribution in [0.1, 0.15) is 21.5 Å². The average Bonchev–Trinajstić information content (AvgIpc) is 2.75. The first-order valence-electron chi connectivity index (χ1n) is 6.28. The lowest BCUT2D eigenvalue weighted by atomic mass is 10.1. The number of benzene rings is 2. The Hall–Kier alpha value is -3.06. The molecular formula is C15H12ClN3O4. The molecule has 0 bridgehead atoms. The van der Waals surface area contributed by atoms with Crippen molar-refractivity contribution in [3.8, 4) is 11.5 Å². The van der Waals surface area contributed by atoms with Crippen LogP contribution in [0.25, 0.3) is 0 Å². The molecule has 0 fully saturated rings. The van der Waals surface area contributed by atoms with Crippen molar-refractivity contribution in [2.75, 3.05) is 0 Å². The summed E-state index contributed by atoms with van der Waals surface area (Å²) in [6.45, 7) is 0. The minimum absolute atomic E-state index is 0.0787. The summed E-state index contributed by atoms with van der Waals surface area (Å²) in [6.07, 6.45) is 0. The number of carboxylic acid groups (broad SMARTS) is 1. The van der Waals surface area contributed by atoms with E-state index in [9.17, 15) is 9.90 Å². The topological polar surface area (TPSA) is 140 Å². The summed E-state index contributed by atoms with van der Waals surface area (Å²) in [4.78, 5) is 13.9. The van der Waals surface area contributed by atoms with Gasteiger partial charge in [-0.25, -0.2) is 9.79 Å². The van der Waals surface area contributed by atoms with Gasteiger partial charge in [0.25, 0.3) is 0 Å². The first-order valence-corrected chi connectivity index (χ1v) is 6.65. The Bertz CT molecular complexity index is 816. The summed E-state index contributed by atoms with van der Waals surface area (Å²) in [5, 5.41) is 34.9. The molecule has 0 unspecified atom stereocenters. The van der Waals surface area contributed by atoms with E-state index in [1.165, 1.54) is 18.2 Å². The lowest BCUT2D eigenvalue weighted by Crippen LogP contribution is -2.10. The number of rotatable bonds is 1. The van der Waals surface area contributed by atoms with Crippen molar-refractivity contribution < 1.29 is 20.1 Å². The number of fused-ring (bicyclic) bond motifs is 1. The van der Waals surface area contributed by atoms with Gasteiger partial charge in [0.1, 0.15) is 17.3 Å². The molecule has 6 N–H and O–H groups in total. The molecule has 3 rings (SSSR count). The van der Waals surface area contributed by atoms with Crippen LogP contribution in [-0.4, -0.2) is 33.0 Å². The molecule has 0 saturated carbocycles. The quantitative estimate of drug-likeness (QED) is 0.544. The van der Waals surface area contributed by atoms with E-state index in [2.05, 4.69) is 4.99 Å². The van der Waals surface area contributed by atoms with Gasteiger partial charge in [-0.2, -0.15) is 0 Å². The van der Waals surface area contributed by atoms with Gasteiger partial charge in [0.2, 0.25) is 0 Å². The van der Waals surface area contributed by atoms with Crippen molar-refractivity contribution in [3.05, 3.63) is 58.1 Å². The van der Waals surface area contributed by atoms with Crippen LogP contribution in [0.5, 0.6) is 11.5 Å². The highest BCUT2D eigenvalue weighted by atomic mass is 35.5. The highest BCUT2D eigenvalue weighted by Gasteiger charge is 2.22. The van der Waals surface area contributed by atoms with Gasteiger partial charge in [-0.1, -0.05) is 11.6 Å². The molecule has 0 amide bonds. The fourth-order valence-electron chi connectivity index (χ4n) is 1.89. The minimum Gasteiger partial charge on any atom is -0.508 e. The number of carbonyl (C=O) groups is 1. The van der Waals surface area contributed by atoms with Crippen LogP contribution in [0.2, 0.25) is 5.02 Å². The van der Waals surface area contributed by atoms with Crippen LogP contribution in [0.3, 0.4) is 0 Å². The predicted octanol–water partition coefficient (Wildman–Crippen LogP) is 2.18. The lowest BCUT2D eigenvalue weighted by molar-refractivity contribution is 0.0697. The van der Waals surface area contributed by atoms with E-state index in [-0.39, 0.29) is 34.3 Å². The van der Waals surface area contributed by atoms with Crippen LogP contribution in [0, 0.1) is 5.41 Å². The number of phenols is 2. The molecule has 118 valence electrons. The summed E-state index contributed by atoms with van der Waals surface area (Å²) in [5.41, 5.74) is 6.39. The Morgan fingerprint density at radius 3 is 2.35 bits per heavy atom. The van der Waals surface area contributed by atoms with E-state index in [4.69, 9.17) is 33.0 Å². The van der Waals surface area contributed by atoms with Gasteiger partial charge in [0, 0.05) is 16.7 Å². The Balaban J connectivity index is 0.000000174. The van der Waals surface area contributed by atoms with Crippen LogP contribution >= 0.6 is 11.6 Å². The standard InChI is InChI=1S/C8H7N3O2.C7H5ClO2/c9-7-4-1-3(12)2-5(13)6(4)8(10)11-7;8-6-3-1-5(2-4-6)7(9)10/h1-2,12-13H,(H3,9,10,11);1-4H,(H,9,10). The van der Waals surface area contributed by atoms with E-state index in [1.54, 1.807) is 12.1 Å². The number of nitrogens with zero attached hydrogens (tertiary/aromatic N) is 1. The molecule has 0 aromatic heterocycles. The molecule has 2 aromatic carbocycles. The second-order valence-electron chi connectivity index (χ2n) is 4.55. The van der Waals surface area contributed by atoms with Crippen LogP contribution < -0.4 is 5.73 Å². The number of nitrogens with two attached hydrogens (primary N) is 1. The van der Waals surface area contributed by atoms with Crippen molar-refractivity contribution in [1.82, 2.24) is 0 Å². The number of phenolic OH excluding ortho intramolecular Hbond substituents is 2. The van der Waals surface area contributed by atoms with Crippen molar-refractivity contribution >= 4 is 29.2 Å². The highest BCUT2D eigenvalue weighted by Crippen LogP contribution is 2.30. The number of nitrogens with one attached hydrogen (secondary N) is 1. The number of aromatic carboxylic acids is 1. The fourth-order valence-corrected chi connectivity index (χ4v) is 2.02. The number of aromatic hydroxyl groups is 2. The number of aliphatic imine (C=N–C) groups is 1. The van der Waals surface area contributed by atoms with Crippen molar-refractivity contribution in [3.63, 3.8) is 0 Å². The Labute approximate surface area is 135 Å². The minimum atomic E-state index is -0.934. The summed E-state index contributed by atoms with van der Waals surface area (Å²) in [7, 11) is 0. The maximum absolute atomic E-state index is 10.3. The molecule has 8 heteroatoms. The van der Waals surface area contributed by atoms with Crippen LogP contribution in [-0.2, 0) is 0 Å². The van der Waals surface area contributed by atoms with Crippen molar-refractivity contribution in [2.24, 2.45) is 10.7 Å². The van der Waals surface area contributed by atoms with E-state index >= 15 is 0 Å². The number of halogens is 1. The first kappa shape index (κ1) is 16.3. The van der Waals surface area contributed by atoms with E-state index in [0.717, 1.165) is 6.07 Å². The molecule has 23 heavy (non-hydrogen) atoms. The molecule has 1 aliphatic heterocycles. The highest BCUT2D eigenvalue weighted by molar-refractivity contribution is 6.30. The maximum atomic E-state index is 10.3. The van der Waals surface area contributed by atoms with Crippen LogP contribution in [0.15, 0.2) is 41.4 Å². The Morgan fingerprint density at radius 2 is 1.78 bits per heavy atom. The predicted molar refractivity (Wildman–Crippen MR) is 85.7 cm³/mol. The lowest BCUT2D eigenvalue weighted by Gasteiger charge is -2.02. The first-order chi connectivity index (χ1) is 10.8. The summed E-state index contributed by atoms with van der Waals surface area (Å²) in [6, 6.07) is 8.54. The molecule has 0 aliphatic carbocycles. The average molecular weight is 334 g/mol. The third kappa shape index (κ3) is 3.58. The molecule has 0 radical (unpaired) electrons. The number of hydrogen-bond donors (Lipinski definition) is 5. The monoisotopic (exact) mass is 333 g/mol. The molecule has 0 spiro atoms. The summed E-state index contributed by atoms with van der Waals surface area (Å²) < 4.78 is 0. The molecule has 1 aliphatic rings. The zero-order valence-corrected chi connectivity index (χ0v) is 12.4. The van der Waals surface area contributed by atoms with Gasteiger partial charge in [-0.3, -0.25) is 5.41 Å². The fraction of sp³-hybridized carbons (Fsp3) is 0.